The lowest BCUT2D eigenvalue weighted by molar-refractivity contribution is 0.0698. The predicted octanol–water partition coefficient (Wildman–Crippen LogP) is 3.58. The summed E-state index contributed by atoms with van der Waals surface area (Å²) in [4.78, 5) is 19.7. The summed E-state index contributed by atoms with van der Waals surface area (Å²) in [5, 5.41) is 4.07. The lowest BCUT2D eigenvalue weighted by atomic mass is 9.96. The van der Waals surface area contributed by atoms with Crippen LogP contribution in [-0.4, -0.2) is 66.5 Å². The van der Waals surface area contributed by atoms with Crippen LogP contribution in [0.5, 0.6) is 5.75 Å². The summed E-state index contributed by atoms with van der Waals surface area (Å²) in [5.41, 5.74) is 0.718. The number of amides is 1. The number of nitrogens with zero attached hydrogens (tertiary/aromatic N) is 4. The zero-order valence-electron chi connectivity index (χ0n) is 20.4. The number of hydrogen-bond acceptors (Lipinski definition) is 7. The highest BCUT2D eigenvalue weighted by Gasteiger charge is 2.32. The van der Waals surface area contributed by atoms with Crippen LogP contribution in [0, 0.1) is 0 Å². The molecule has 1 aromatic heterocycles. The Hall–Kier alpha value is -3.24. The minimum absolute atomic E-state index is 0.200. The number of sulfonamides is 1. The average molecular weight is 499 g/mol. The van der Waals surface area contributed by atoms with Crippen LogP contribution in [0.4, 0.5) is 0 Å². The second-order valence-corrected chi connectivity index (χ2v) is 11.3. The molecular formula is C25H30N4O5S. The van der Waals surface area contributed by atoms with Crippen molar-refractivity contribution in [2.24, 2.45) is 0 Å². The van der Waals surface area contributed by atoms with Crippen LogP contribution in [0.25, 0.3) is 11.5 Å². The maximum Gasteiger partial charge on any atom is 0.258 e. The molecule has 0 aliphatic carbocycles. The molecule has 2 heterocycles. The van der Waals surface area contributed by atoms with E-state index in [1.807, 2.05) is 33.8 Å². The smallest absolute Gasteiger partial charge is 0.258 e. The van der Waals surface area contributed by atoms with Gasteiger partial charge in [0.1, 0.15) is 5.75 Å². The van der Waals surface area contributed by atoms with E-state index in [1.54, 1.807) is 47.4 Å². The SMILES string of the molecule is CCOc1ccc(S(=O)(=O)N2CCN(C(=O)c3ccccc3-c3nc(C(C)(C)C)no3)CC2)cc1. The summed E-state index contributed by atoms with van der Waals surface area (Å²) in [7, 11) is -3.66. The molecule has 1 fully saturated rings. The molecule has 4 rings (SSSR count). The molecular weight excluding hydrogens is 468 g/mol. The van der Waals surface area contributed by atoms with Crippen molar-refractivity contribution in [1.29, 1.82) is 0 Å². The van der Waals surface area contributed by atoms with Gasteiger partial charge in [-0.15, -0.1) is 0 Å². The van der Waals surface area contributed by atoms with Gasteiger partial charge in [-0.25, -0.2) is 8.42 Å². The molecule has 0 atom stereocenters. The Kier molecular flexibility index (Phi) is 6.95. The molecule has 1 aliphatic rings. The number of carbonyl (C=O) groups is 1. The van der Waals surface area contributed by atoms with E-state index >= 15 is 0 Å². The molecule has 0 saturated carbocycles. The molecule has 0 N–H and O–H groups in total. The quantitative estimate of drug-likeness (QED) is 0.511. The first-order valence-electron chi connectivity index (χ1n) is 11.6. The van der Waals surface area contributed by atoms with E-state index in [4.69, 9.17) is 9.26 Å². The van der Waals surface area contributed by atoms with Gasteiger partial charge < -0.3 is 14.2 Å². The third-order valence-electron chi connectivity index (χ3n) is 5.78. The Bertz CT molecular complexity index is 1290. The van der Waals surface area contributed by atoms with Gasteiger partial charge in [0.05, 0.1) is 22.6 Å². The molecule has 35 heavy (non-hydrogen) atoms. The molecule has 1 aliphatic heterocycles. The number of benzene rings is 2. The van der Waals surface area contributed by atoms with E-state index in [0.717, 1.165) is 0 Å². The predicted molar refractivity (Wildman–Crippen MR) is 131 cm³/mol. The fraction of sp³-hybridized carbons (Fsp3) is 0.400. The minimum Gasteiger partial charge on any atom is -0.494 e. The Morgan fingerprint density at radius 2 is 1.69 bits per heavy atom. The fourth-order valence-corrected chi connectivity index (χ4v) is 5.24. The summed E-state index contributed by atoms with van der Waals surface area (Å²) in [6, 6.07) is 13.5. The molecule has 9 nitrogen and oxygen atoms in total. The normalized spacial score (nSPS) is 15.3. The summed E-state index contributed by atoms with van der Waals surface area (Å²) < 4.78 is 38.4. The van der Waals surface area contributed by atoms with Crippen LogP contribution in [-0.2, 0) is 15.4 Å². The van der Waals surface area contributed by atoms with Crippen LogP contribution in [0.1, 0.15) is 43.9 Å². The van der Waals surface area contributed by atoms with Gasteiger partial charge in [-0.1, -0.05) is 38.1 Å². The molecule has 1 amide bonds. The summed E-state index contributed by atoms with van der Waals surface area (Å²) in [6.45, 7) is 9.31. The minimum atomic E-state index is -3.66. The van der Waals surface area contributed by atoms with E-state index in [9.17, 15) is 13.2 Å². The van der Waals surface area contributed by atoms with Crippen molar-refractivity contribution in [3.05, 3.63) is 59.9 Å². The van der Waals surface area contributed by atoms with Crippen molar-refractivity contribution in [1.82, 2.24) is 19.3 Å². The summed E-state index contributed by atoms with van der Waals surface area (Å²) >= 11 is 0. The monoisotopic (exact) mass is 498 g/mol. The fourth-order valence-electron chi connectivity index (χ4n) is 3.82. The first-order chi connectivity index (χ1) is 16.6. The zero-order valence-corrected chi connectivity index (χ0v) is 21.2. The van der Waals surface area contributed by atoms with Gasteiger partial charge in [0.25, 0.3) is 11.8 Å². The summed E-state index contributed by atoms with van der Waals surface area (Å²) in [5.74, 6) is 1.27. The number of piperazine rings is 1. The van der Waals surface area contributed by atoms with Crippen LogP contribution in [0.2, 0.25) is 0 Å². The van der Waals surface area contributed by atoms with Crippen molar-refractivity contribution in [3.8, 4) is 17.2 Å². The van der Waals surface area contributed by atoms with Gasteiger partial charge in [-0.05, 0) is 43.3 Å². The zero-order chi connectivity index (χ0) is 25.2. The second kappa shape index (κ2) is 9.79. The maximum atomic E-state index is 13.4. The third kappa shape index (κ3) is 5.23. The summed E-state index contributed by atoms with van der Waals surface area (Å²) in [6.07, 6.45) is 0. The Labute approximate surface area is 205 Å². The largest absolute Gasteiger partial charge is 0.494 e. The molecule has 10 heteroatoms. The van der Waals surface area contributed by atoms with Crippen LogP contribution < -0.4 is 4.74 Å². The molecule has 0 radical (unpaired) electrons. The van der Waals surface area contributed by atoms with Gasteiger partial charge in [0.15, 0.2) is 5.82 Å². The molecule has 2 aromatic carbocycles. The highest BCUT2D eigenvalue weighted by atomic mass is 32.2. The Morgan fingerprint density at radius 1 is 1.03 bits per heavy atom. The number of rotatable bonds is 6. The average Bonchev–Trinajstić information content (AvgIpc) is 3.35. The van der Waals surface area contributed by atoms with Gasteiger partial charge in [-0.3, -0.25) is 4.79 Å². The first-order valence-corrected chi connectivity index (χ1v) is 13.0. The van der Waals surface area contributed by atoms with Crippen molar-refractivity contribution in [2.75, 3.05) is 32.8 Å². The van der Waals surface area contributed by atoms with Crippen LogP contribution in [0.15, 0.2) is 57.9 Å². The van der Waals surface area contributed by atoms with Crippen molar-refractivity contribution in [3.63, 3.8) is 0 Å². The van der Waals surface area contributed by atoms with Gasteiger partial charge >= 0.3 is 0 Å². The Balaban J connectivity index is 1.48. The standard InChI is InChI=1S/C25H30N4O5S/c1-5-33-18-10-12-19(13-11-18)35(31,32)29-16-14-28(15-17-29)23(30)21-9-7-6-8-20(21)22-26-24(27-34-22)25(2,3)4/h6-13H,5,14-17H2,1-4H3. The highest BCUT2D eigenvalue weighted by Crippen LogP contribution is 2.28. The lowest BCUT2D eigenvalue weighted by Crippen LogP contribution is -2.50. The van der Waals surface area contributed by atoms with Crippen LogP contribution >= 0.6 is 0 Å². The van der Waals surface area contributed by atoms with E-state index < -0.39 is 10.0 Å². The number of carbonyl (C=O) groups excluding carboxylic acids is 1. The van der Waals surface area contributed by atoms with Crippen LogP contribution in [0.3, 0.4) is 0 Å². The molecule has 0 spiro atoms. The third-order valence-corrected chi connectivity index (χ3v) is 7.70. The van der Waals surface area contributed by atoms with E-state index in [1.165, 1.54) is 4.31 Å². The molecule has 186 valence electrons. The topological polar surface area (TPSA) is 106 Å². The maximum absolute atomic E-state index is 13.4. The molecule has 0 unspecified atom stereocenters. The molecule has 0 bridgehead atoms. The van der Waals surface area contributed by atoms with Crippen molar-refractivity contribution < 1.29 is 22.5 Å². The number of hydrogen-bond donors (Lipinski definition) is 0. The number of aromatic nitrogens is 2. The van der Waals surface area contributed by atoms with Gasteiger partial charge in [0, 0.05) is 31.6 Å². The van der Waals surface area contributed by atoms with Crippen molar-refractivity contribution in [2.45, 2.75) is 38.0 Å². The molecule has 3 aromatic rings. The first kappa shape index (κ1) is 24.9. The van der Waals surface area contributed by atoms with Crippen molar-refractivity contribution >= 4 is 15.9 Å². The van der Waals surface area contributed by atoms with E-state index in [2.05, 4.69) is 10.1 Å². The van der Waals surface area contributed by atoms with E-state index in [-0.39, 0.29) is 48.3 Å². The highest BCUT2D eigenvalue weighted by molar-refractivity contribution is 7.89. The second-order valence-electron chi connectivity index (χ2n) is 9.32. The number of ether oxygens (including phenoxy) is 1. The van der Waals surface area contributed by atoms with Gasteiger partial charge in [-0.2, -0.15) is 9.29 Å². The lowest BCUT2D eigenvalue weighted by Gasteiger charge is -2.34. The molecule has 1 saturated heterocycles. The van der Waals surface area contributed by atoms with E-state index in [0.29, 0.717) is 29.3 Å². The Morgan fingerprint density at radius 3 is 2.29 bits per heavy atom. The van der Waals surface area contributed by atoms with Gasteiger partial charge in [0.2, 0.25) is 10.0 Å².